The number of piperazine rings is 1. The molecule has 1 atom stereocenters. The number of hydrogen-bond donors (Lipinski definition) is 0. The van der Waals surface area contributed by atoms with Crippen LogP contribution < -0.4 is 0 Å². The van der Waals surface area contributed by atoms with E-state index in [2.05, 4.69) is 64.2 Å². The Hall–Kier alpha value is -4.24. The minimum absolute atomic E-state index is 0.0121. The van der Waals surface area contributed by atoms with Gasteiger partial charge in [0.25, 0.3) is 5.91 Å². The molecule has 0 bridgehead atoms. The van der Waals surface area contributed by atoms with Gasteiger partial charge >= 0.3 is 0 Å². The van der Waals surface area contributed by atoms with Gasteiger partial charge in [0.2, 0.25) is 11.1 Å². The molecule has 43 heavy (non-hydrogen) atoms. The van der Waals surface area contributed by atoms with Gasteiger partial charge in [-0.2, -0.15) is 0 Å². The molecule has 5 aromatic rings. The molecule has 1 aliphatic heterocycles. The molecule has 8 nitrogen and oxygen atoms in total. The molecular weight excluding hydrogens is 556 g/mol. The van der Waals surface area contributed by atoms with Crippen molar-refractivity contribution in [2.75, 3.05) is 25.4 Å². The lowest BCUT2D eigenvalue weighted by Crippen LogP contribution is -2.55. The quantitative estimate of drug-likeness (QED) is 0.155. The van der Waals surface area contributed by atoms with Crippen LogP contribution in [0.15, 0.2) is 84.0 Å². The summed E-state index contributed by atoms with van der Waals surface area (Å²) in [5.41, 5.74) is 5.85. The molecule has 3 aromatic carbocycles. The van der Waals surface area contributed by atoms with Crippen molar-refractivity contribution in [2.45, 2.75) is 50.9 Å². The highest BCUT2D eigenvalue weighted by Crippen LogP contribution is 2.29. The number of unbranched alkanes of at least 4 members (excludes halogenated alkanes) is 1. The lowest BCUT2D eigenvalue weighted by atomic mass is 10.1. The summed E-state index contributed by atoms with van der Waals surface area (Å²) in [6.07, 6.45) is 2.18. The SMILES string of the molecule is Cc1ccc2c(c1)c1nnc(SCCCCC(=O)N3CCN(C(=O)c4ccccc4)C(C)C3)nc1n2Cc1ccccc1. The first-order valence-corrected chi connectivity index (χ1v) is 15.9. The monoisotopic (exact) mass is 592 g/mol. The van der Waals surface area contributed by atoms with Crippen molar-refractivity contribution in [1.82, 2.24) is 29.5 Å². The van der Waals surface area contributed by atoms with E-state index in [0.717, 1.165) is 40.7 Å². The van der Waals surface area contributed by atoms with Gasteiger partial charge in [-0.05, 0) is 56.5 Å². The third-order valence-electron chi connectivity index (χ3n) is 8.06. The maximum atomic E-state index is 12.9. The van der Waals surface area contributed by atoms with Crippen molar-refractivity contribution in [1.29, 1.82) is 0 Å². The highest BCUT2D eigenvalue weighted by atomic mass is 32.2. The zero-order chi connectivity index (χ0) is 29.8. The van der Waals surface area contributed by atoms with Crippen molar-refractivity contribution >= 4 is 45.6 Å². The van der Waals surface area contributed by atoms with Crippen LogP contribution in [0.1, 0.15) is 47.7 Å². The highest BCUT2D eigenvalue weighted by Gasteiger charge is 2.30. The highest BCUT2D eigenvalue weighted by molar-refractivity contribution is 7.99. The first-order chi connectivity index (χ1) is 21.0. The van der Waals surface area contributed by atoms with Crippen LogP contribution in [0.4, 0.5) is 0 Å². The molecule has 1 fully saturated rings. The van der Waals surface area contributed by atoms with Crippen LogP contribution in [0.3, 0.4) is 0 Å². The van der Waals surface area contributed by atoms with Crippen molar-refractivity contribution in [3.05, 3.63) is 95.6 Å². The summed E-state index contributed by atoms with van der Waals surface area (Å²) >= 11 is 1.59. The van der Waals surface area contributed by atoms with Gasteiger partial charge in [0.1, 0.15) is 5.52 Å². The summed E-state index contributed by atoms with van der Waals surface area (Å²) in [4.78, 5) is 34.5. The predicted octanol–water partition coefficient (Wildman–Crippen LogP) is 5.97. The van der Waals surface area contributed by atoms with E-state index >= 15 is 0 Å². The van der Waals surface area contributed by atoms with E-state index in [1.165, 1.54) is 11.1 Å². The maximum absolute atomic E-state index is 12.9. The van der Waals surface area contributed by atoms with Gasteiger partial charge in [0.15, 0.2) is 5.65 Å². The second-order valence-electron chi connectivity index (χ2n) is 11.2. The number of carbonyl (C=O) groups excluding carboxylic acids is 2. The number of rotatable bonds is 9. The summed E-state index contributed by atoms with van der Waals surface area (Å²) in [6.45, 7) is 6.52. The van der Waals surface area contributed by atoms with Crippen LogP contribution in [0, 0.1) is 6.92 Å². The summed E-state index contributed by atoms with van der Waals surface area (Å²) in [7, 11) is 0. The Morgan fingerprint density at radius 3 is 2.47 bits per heavy atom. The molecular formula is C34H36N6O2S. The van der Waals surface area contributed by atoms with E-state index in [4.69, 9.17) is 4.98 Å². The fourth-order valence-corrected chi connectivity index (χ4v) is 6.55. The van der Waals surface area contributed by atoms with Crippen LogP contribution in [-0.4, -0.2) is 72.8 Å². The first-order valence-electron chi connectivity index (χ1n) is 14.9. The topological polar surface area (TPSA) is 84.2 Å². The van der Waals surface area contributed by atoms with Gasteiger partial charge in [-0.1, -0.05) is 71.9 Å². The Bertz CT molecular complexity index is 1740. The Morgan fingerprint density at radius 2 is 1.70 bits per heavy atom. The summed E-state index contributed by atoms with van der Waals surface area (Å²) in [6, 6.07) is 26.1. The number of carbonyl (C=O) groups is 2. The zero-order valence-electron chi connectivity index (χ0n) is 24.6. The molecule has 0 aliphatic carbocycles. The Labute approximate surface area is 256 Å². The van der Waals surface area contributed by atoms with E-state index in [1.54, 1.807) is 11.8 Å². The predicted molar refractivity (Wildman–Crippen MR) is 171 cm³/mol. The molecule has 2 amide bonds. The van der Waals surface area contributed by atoms with E-state index < -0.39 is 0 Å². The average molecular weight is 593 g/mol. The van der Waals surface area contributed by atoms with Crippen molar-refractivity contribution in [3.8, 4) is 0 Å². The first kappa shape index (κ1) is 28.9. The molecule has 1 unspecified atom stereocenters. The lowest BCUT2D eigenvalue weighted by Gasteiger charge is -2.40. The Kier molecular flexibility index (Phi) is 8.69. The number of hydrogen-bond acceptors (Lipinski definition) is 6. The molecule has 0 N–H and O–H groups in total. The number of aromatic nitrogens is 4. The zero-order valence-corrected chi connectivity index (χ0v) is 25.5. The van der Waals surface area contributed by atoms with Crippen molar-refractivity contribution in [2.24, 2.45) is 0 Å². The molecule has 1 aliphatic rings. The van der Waals surface area contributed by atoms with Gasteiger partial charge in [-0.3, -0.25) is 9.59 Å². The molecule has 0 radical (unpaired) electrons. The largest absolute Gasteiger partial charge is 0.339 e. The Balaban J connectivity index is 1.03. The smallest absolute Gasteiger partial charge is 0.254 e. The van der Waals surface area contributed by atoms with Crippen molar-refractivity contribution in [3.63, 3.8) is 0 Å². The van der Waals surface area contributed by atoms with E-state index in [-0.39, 0.29) is 17.9 Å². The molecule has 1 saturated heterocycles. The molecule has 220 valence electrons. The summed E-state index contributed by atoms with van der Waals surface area (Å²) < 4.78 is 2.23. The van der Waals surface area contributed by atoms with E-state index in [9.17, 15) is 9.59 Å². The number of nitrogens with zero attached hydrogens (tertiary/aromatic N) is 6. The Morgan fingerprint density at radius 1 is 0.930 bits per heavy atom. The number of thioether (sulfide) groups is 1. The molecule has 0 spiro atoms. The summed E-state index contributed by atoms with van der Waals surface area (Å²) in [5.74, 6) is 1.00. The van der Waals surface area contributed by atoms with E-state index in [0.29, 0.717) is 43.3 Å². The maximum Gasteiger partial charge on any atom is 0.254 e. The summed E-state index contributed by atoms with van der Waals surface area (Å²) in [5, 5.41) is 10.8. The number of benzene rings is 3. The average Bonchev–Trinajstić information content (AvgIpc) is 3.32. The third-order valence-corrected chi connectivity index (χ3v) is 8.99. The molecule has 0 saturated carbocycles. The van der Waals surface area contributed by atoms with Gasteiger partial charge in [0, 0.05) is 55.3 Å². The second-order valence-corrected chi connectivity index (χ2v) is 12.3. The third kappa shape index (κ3) is 6.41. The second kappa shape index (κ2) is 13.0. The number of amides is 2. The number of fused-ring (bicyclic) bond motifs is 3. The fraction of sp³-hybridized carbons (Fsp3) is 0.324. The van der Waals surface area contributed by atoms with Gasteiger partial charge in [0.05, 0.1) is 5.52 Å². The van der Waals surface area contributed by atoms with Crippen LogP contribution in [0.25, 0.3) is 22.1 Å². The fourth-order valence-electron chi connectivity index (χ4n) is 5.77. The van der Waals surface area contributed by atoms with Crippen LogP contribution in [0.5, 0.6) is 0 Å². The van der Waals surface area contributed by atoms with Crippen LogP contribution in [0.2, 0.25) is 0 Å². The van der Waals surface area contributed by atoms with Gasteiger partial charge in [-0.15, -0.1) is 10.2 Å². The van der Waals surface area contributed by atoms with Gasteiger partial charge < -0.3 is 14.4 Å². The number of aryl methyl sites for hydroxylation is 1. The van der Waals surface area contributed by atoms with Crippen molar-refractivity contribution < 1.29 is 9.59 Å². The normalized spacial score (nSPS) is 15.3. The molecule has 3 heterocycles. The lowest BCUT2D eigenvalue weighted by molar-refractivity contribution is -0.133. The van der Waals surface area contributed by atoms with Crippen LogP contribution in [-0.2, 0) is 11.3 Å². The molecule has 2 aromatic heterocycles. The minimum atomic E-state index is -0.0121. The van der Waals surface area contributed by atoms with Gasteiger partial charge in [-0.25, -0.2) is 4.98 Å². The van der Waals surface area contributed by atoms with Crippen LogP contribution >= 0.6 is 11.8 Å². The minimum Gasteiger partial charge on any atom is -0.339 e. The molecule has 9 heteroatoms. The molecule has 6 rings (SSSR count). The van der Waals surface area contributed by atoms with E-state index in [1.807, 2.05) is 53.1 Å². The standard InChI is InChI=1S/C34H36N6O2S/c1-24-16-17-29-28(21-24)31-32(40(29)23-26-11-5-3-6-12-26)35-34(37-36-31)43-20-10-9-15-30(41)38-18-19-39(25(2)22-38)33(42)27-13-7-4-8-14-27/h3-8,11-14,16-17,21,25H,9-10,15,18-20,22-23H2,1-2H3.